The van der Waals surface area contributed by atoms with Crippen molar-refractivity contribution < 1.29 is 13.2 Å². The highest BCUT2D eigenvalue weighted by Crippen LogP contribution is 2.31. The van der Waals surface area contributed by atoms with Crippen molar-refractivity contribution in [2.24, 2.45) is 0 Å². The van der Waals surface area contributed by atoms with E-state index in [9.17, 15) is 13.2 Å². The number of rotatable bonds is 6. The van der Waals surface area contributed by atoms with Gasteiger partial charge in [0.15, 0.2) is 5.01 Å². The molecule has 0 aliphatic rings. The summed E-state index contributed by atoms with van der Waals surface area (Å²) in [6, 6.07) is 20.0. The molecule has 0 saturated carbocycles. The number of sulfonamides is 1. The van der Waals surface area contributed by atoms with Gasteiger partial charge >= 0.3 is 0 Å². The van der Waals surface area contributed by atoms with Gasteiger partial charge in [-0.15, -0.1) is 10.2 Å². The minimum absolute atomic E-state index is 0.0502. The molecule has 0 aliphatic carbocycles. The summed E-state index contributed by atoms with van der Waals surface area (Å²) in [5, 5.41) is 12.1. The molecule has 1 amide bonds. The maximum atomic E-state index is 12.7. The minimum Gasteiger partial charge on any atom is -0.296 e. The predicted octanol–water partition coefficient (Wildman–Crippen LogP) is 5.22. The number of aromatic nitrogens is 2. The van der Waals surface area contributed by atoms with Crippen molar-refractivity contribution in [3.63, 3.8) is 0 Å². The topological polar surface area (TPSA) is 101 Å². The molecule has 0 spiro atoms. The average molecular weight is 485 g/mol. The van der Waals surface area contributed by atoms with Crippen LogP contribution in [0.4, 0.5) is 10.8 Å². The van der Waals surface area contributed by atoms with Gasteiger partial charge in [0, 0.05) is 11.1 Å². The van der Waals surface area contributed by atoms with E-state index in [1.807, 2.05) is 37.3 Å². The summed E-state index contributed by atoms with van der Waals surface area (Å²) in [5.74, 6) is -0.428. The van der Waals surface area contributed by atoms with Gasteiger partial charge in [-0.1, -0.05) is 59.3 Å². The molecule has 0 bridgehead atoms. The zero-order valence-electron chi connectivity index (χ0n) is 16.7. The monoisotopic (exact) mass is 484 g/mol. The molecular weight excluding hydrogens is 468 g/mol. The van der Waals surface area contributed by atoms with Crippen LogP contribution in [0.3, 0.4) is 0 Å². The number of halogens is 1. The van der Waals surface area contributed by atoms with Gasteiger partial charge in [0.2, 0.25) is 5.13 Å². The minimum atomic E-state index is -3.78. The summed E-state index contributed by atoms with van der Waals surface area (Å²) in [5.41, 5.74) is 2.32. The lowest BCUT2D eigenvalue weighted by Crippen LogP contribution is -2.15. The van der Waals surface area contributed by atoms with Crippen molar-refractivity contribution >= 4 is 49.7 Å². The smallest absolute Gasteiger partial charge is 0.261 e. The fourth-order valence-electron chi connectivity index (χ4n) is 2.86. The van der Waals surface area contributed by atoms with Crippen molar-refractivity contribution in [2.45, 2.75) is 11.8 Å². The molecule has 162 valence electrons. The summed E-state index contributed by atoms with van der Waals surface area (Å²) in [6.07, 6.45) is 0. The number of hydrogen-bond donors (Lipinski definition) is 2. The first-order chi connectivity index (χ1) is 15.3. The van der Waals surface area contributed by atoms with Gasteiger partial charge in [0.25, 0.3) is 15.9 Å². The van der Waals surface area contributed by atoms with Gasteiger partial charge in [-0.05, 0) is 48.9 Å². The number of hydrogen-bond acceptors (Lipinski definition) is 6. The molecule has 0 atom stereocenters. The van der Waals surface area contributed by atoms with E-state index in [1.54, 1.807) is 18.2 Å². The maximum Gasteiger partial charge on any atom is 0.261 e. The summed E-state index contributed by atoms with van der Waals surface area (Å²) < 4.78 is 27.9. The number of anilines is 2. The molecule has 3 aromatic carbocycles. The third-order valence-corrected chi connectivity index (χ3v) is 7.15. The van der Waals surface area contributed by atoms with Crippen LogP contribution in [0.25, 0.3) is 10.6 Å². The number of para-hydroxylation sites is 1. The lowest BCUT2D eigenvalue weighted by atomic mass is 10.2. The fourth-order valence-corrected chi connectivity index (χ4v) is 5.05. The van der Waals surface area contributed by atoms with E-state index < -0.39 is 15.9 Å². The Morgan fingerprint density at radius 1 is 0.938 bits per heavy atom. The first-order valence-electron chi connectivity index (χ1n) is 9.42. The quantitative estimate of drug-likeness (QED) is 0.390. The van der Waals surface area contributed by atoms with Crippen molar-refractivity contribution in [1.29, 1.82) is 0 Å². The molecule has 4 aromatic rings. The van der Waals surface area contributed by atoms with E-state index in [0.717, 1.165) is 11.1 Å². The molecule has 10 heteroatoms. The Kier molecular flexibility index (Phi) is 6.22. The molecule has 0 aliphatic heterocycles. The third-order valence-electron chi connectivity index (χ3n) is 4.57. The highest BCUT2D eigenvalue weighted by atomic mass is 35.5. The molecule has 0 unspecified atom stereocenters. The van der Waals surface area contributed by atoms with Crippen LogP contribution < -0.4 is 10.0 Å². The first-order valence-corrected chi connectivity index (χ1v) is 12.1. The number of aryl methyl sites for hydroxylation is 1. The predicted molar refractivity (Wildman–Crippen MR) is 127 cm³/mol. The highest BCUT2D eigenvalue weighted by Gasteiger charge is 2.17. The van der Waals surface area contributed by atoms with E-state index in [4.69, 9.17) is 11.6 Å². The number of nitrogens with one attached hydrogen (secondary N) is 2. The second-order valence-electron chi connectivity index (χ2n) is 6.79. The summed E-state index contributed by atoms with van der Waals surface area (Å²) in [7, 11) is -3.78. The Hall–Kier alpha value is -3.27. The summed E-state index contributed by atoms with van der Waals surface area (Å²) in [6.45, 7) is 1.82. The van der Waals surface area contributed by atoms with Crippen molar-refractivity contribution in [2.75, 3.05) is 10.0 Å². The first kappa shape index (κ1) is 21.9. The van der Waals surface area contributed by atoms with E-state index in [-0.39, 0.29) is 10.5 Å². The van der Waals surface area contributed by atoms with Gasteiger partial charge in [0.05, 0.1) is 15.6 Å². The summed E-state index contributed by atoms with van der Waals surface area (Å²) >= 11 is 7.37. The second-order valence-corrected chi connectivity index (χ2v) is 9.86. The van der Waals surface area contributed by atoms with E-state index in [0.29, 0.717) is 20.8 Å². The Bertz CT molecular complexity index is 1390. The van der Waals surface area contributed by atoms with Crippen LogP contribution in [0.5, 0.6) is 0 Å². The Morgan fingerprint density at radius 3 is 2.34 bits per heavy atom. The number of amides is 1. The Balaban J connectivity index is 1.47. The van der Waals surface area contributed by atoms with Crippen LogP contribution in [0.2, 0.25) is 5.02 Å². The molecule has 0 saturated heterocycles. The molecule has 2 N–H and O–H groups in total. The zero-order valence-corrected chi connectivity index (χ0v) is 19.1. The molecule has 0 radical (unpaired) electrons. The van der Waals surface area contributed by atoms with E-state index in [2.05, 4.69) is 20.2 Å². The van der Waals surface area contributed by atoms with Crippen LogP contribution in [0.1, 0.15) is 15.9 Å². The number of benzene rings is 3. The van der Waals surface area contributed by atoms with Gasteiger partial charge < -0.3 is 0 Å². The van der Waals surface area contributed by atoms with Crippen LogP contribution in [-0.4, -0.2) is 24.5 Å². The molecule has 4 rings (SSSR count). The third kappa shape index (κ3) is 4.80. The lowest BCUT2D eigenvalue weighted by molar-refractivity contribution is 0.102. The van der Waals surface area contributed by atoms with Gasteiger partial charge in [-0.2, -0.15) is 0 Å². The van der Waals surface area contributed by atoms with E-state index in [1.165, 1.54) is 35.6 Å². The molecule has 32 heavy (non-hydrogen) atoms. The SMILES string of the molecule is Cc1ccccc1NS(=O)(=O)c1ccc(C(=O)Nc2nnc(-c3ccccc3Cl)s2)cc1. The number of carbonyl (C=O) groups excluding carboxylic acids is 1. The second kappa shape index (κ2) is 9.07. The average Bonchev–Trinajstić information content (AvgIpc) is 3.24. The molecule has 1 aromatic heterocycles. The lowest BCUT2D eigenvalue weighted by Gasteiger charge is -2.10. The standard InChI is InChI=1S/C22H17ClN4O3S2/c1-14-6-2-5-9-19(14)27-32(29,30)16-12-10-15(11-13-16)20(28)24-22-26-25-21(31-22)17-7-3-4-8-18(17)23/h2-13,27H,1H3,(H,24,26,28). The Labute approximate surface area is 194 Å². The number of carbonyl (C=O) groups is 1. The molecule has 0 fully saturated rings. The van der Waals surface area contributed by atoms with Crippen LogP contribution in [0.15, 0.2) is 77.7 Å². The van der Waals surface area contributed by atoms with Gasteiger partial charge in [0.1, 0.15) is 0 Å². The highest BCUT2D eigenvalue weighted by molar-refractivity contribution is 7.92. The van der Waals surface area contributed by atoms with Crippen LogP contribution in [0, 0.1) is 6.92 Å². The molecule has 1 heterocycles. The maximum absolute atomic E-state index is 12.7. The fraction of sp³-hybridized carbons (Fsp3) is 0.0455. The van der Waals surface area contributed by atoms with Gasteiger partial charge in [-0.3, -0.25) is 14.8 Å². The van der Waals surface area contributed by atoms with Crippen LogP contribution >= 0.6 is 22.9 Å². The molecular formula is C22H17ClN4O3S2. The Morgan fingerprint density at radius 2 is 1.62 bits per heavy atom. The number of nitrogens with zero attached hydrogens (tertiary/aromatic N) is 2. The largest absolute Gasteiger partial charge is 0.296 e. The normalized spacial score (nSPS) is 11.2. The van der Waals surface area contributed by atoms with Crippen LogP contribution in [-0.2, 0) is 10.0 Å². The van der Waals surface area contributed by atoms with Crippen molar-refractivity contribution in [1.82, 2.24) is 10.2 Å². The van der Waals surface area contributed by atoms with Crippen molar-refractivity contribution in [3.8, 4) is 10.6 Å². The van der Waals surface area contributed by atoms with Gasteiger partial charge in [-0.25, -0.2) is 8.42 Å². The zero-order chi connectivity index (χ0) is 22.7. The van der Waals surface area contributed by atoms with E-state index >= 15 is 0 Å². The summed E-state index contributed by atoms with van der Waals surface area (Å²) in [4.78, 5) is 12.6. The van der Waals surface area contributed by atoms with Crippen molar-refractivity contribution in [3.05, 3.63) is 88.9 Å². The molecule has 7 nitrogen and oxygen atoms in total.